The maximum atomic E-state index is 12.5. The number of nitrogens with zero attached hydrogens (tertiary/aromatic N) is 2. The van der Waals surface area contributed by atoms with E-state index in [4.69, 9.17) is 5.26 Å². The van der Waals surface area contributed by atoms with Crippen molar-refractivity contribution in [2.45, 2.75) is 42.9 Å². The van der Waals surface area contributed by atoms with Crippen LogP contribution in [0.25, 0.3) is 0 Å². The Morgan fingerprint density at radius 3 is 2.72 bits per heavy atom. The summed E-state index contributed by atoms with van der Waals surface area (Å²) in [6.07, 6.45) is 3.78. The van der Waals surface area contributed by atoms with Crippen molar-refractivity contribution in [2.24, 2.45) is 0 Å². The maximum absolute atomic E-state index is 12.5. The molecule has 1 aromatic rings. The van der Waals surface area contributed by atoms with Crippen LogP contribution >= 0.6 is 11.3 Å². The van der Waals surface area contributed by atoms with E-state index in [0.29, 0.717) is 15.6 Å². The molecule has 98 valence electrons. The lowest BCUT2D eigenvalue weighted by atomic mass is 10.3. The molecule has 0 saturated heterocycles. The van der Waals surface area contributed by atoms with Gasteiger partial charge in [-0.05, 0) is 31.4 Å². The molecule has 1 aromatic heterocycles. The third-order valence-corrected chi connectivity index (χ3v) is 6.35. The van der Waals surface area contributed by atoms with Gasteiger partial charge in [0.2, 0.25) is 0 Å². The van der Waals surface area contributed by atoms with Crippen LogP contribution in [-0.2, 0) is 10.0 Å². The van der Waals surface area contributed by atoms with Gasteiger partial charge in [0, 0.05) is 12.6 Å². The zero-order valence-electron chi connectivity index (χ0n) is 10.3. The Hall–Kier alpha value is -0.900. The Morgan fingerprint density at radius 1 is 1.50 bits per heavy atom. The first-order valence-electron chi connectivity index (χ1n) is 6.11. The van der Waals surface area contributed by atoms with E-state index in [-0.39, 0.29) is 6.04 Å². The van der Waals surface area contributed by atoms with Crippen molar-refractivity contribution in [1.29, 1.82) is 5.26 Å². The number of hydrogen-bond acceptors (Lipinski definition) is 4. The highest BCUT2D eigenvalue weighted by molar-refractivity contribution is 7.91. The van der Waals surface area contributed by atoms with Crippen LogP contribution in [0.15, 0.2) is 16.3 Å². The maximum Gasteiger partial charge on any atom is 0.252 e. The van der Waals surface area contributed by atoms with Gasteiger partial charge in [0.1, 0.15) is 15.2 Å². The van der Waals surface area contributed by atoms with Crippen LogP contribution < -0.4 is 0 Å². The largest absolute Gasteiger partial charge is 0.252 e. The second-order valence-electron chi connectivity index (χ2n) is 4.43. The van der Waals surface area contributed by atoms with E-state index in [1.54, 1.807) is 16.4 Å². The summed E-state index contributed by atoms with van der Waals surface area (Å²) in [4.78, 5) is 0.444. The Morgan fingerprint density at radius 2 is 2.22 bits per heavy atom. The molecule has 0 atom stereocenters. The smallest absolute Gasteiger partial charge is 0.206 e. The molecule has 0 unspecified atom stereocenters. The predicted molar refractivity (Wildman–Crippen MR) is 70.9 cm³/mol. The summed E-state index contributed by atoms with van der Waals surface area (Å²) in [5.41, 5.74) is 0. The first-order chi connectivity index (χ1) is 8.59. The Balaban J connectivity index is 2.24. The second-order valence-corrected chi connectivity index (χ2v) is 7.63. The average molecular weight is 284 g/mol. The minimum atomic E-state index is -3.40. The topological polar surface area (TPSA) is 61.2 Å². The highest BCUT2D eigenvalue weighted by Gasteiger charge is 2.38. The molecule has 0 amide bonds. The van der Waals surface area contributed by atoms with Crippen molar-refractivity contribution in [3.8, 4) is 6.07 Å². The molecule has 1 saturated carbocycles. The molecule has 0 radical (unpaired) electrons. The minimum Gasteiger partial charge on any atom is -0.206 e. The van der Waals surface area contributed by atoms with Gasteiger partial charge in [-0.3, -0.25) is 0 Å². The van der Waals surface area contributed by atoms with Crippen LogP contribution in [0.1, 0.15) is 37.5 Å². The number of hydrogen-bond donors (Lipinski definition) is 0. The molecule has 1 aliphatic rings. The predicted octanol–water partition coefficient (Wildman–Crippen LogP) is 2.57. The number of nitriles is 1. The molecule has 1 aliphatic carbocycles. The highest BCUT2D eigenvalue weighted by atomic mass is 32.2. The zero-order valence-corrected chi connectivity index (χ0v) is 11.9. The van der Waals surface area contributed by atoms with Crippen molar-refractivity contribution in [3.05, 3.63) is 17.0 Å². The number of unbranched alkanes of at least 4 members (excludes halogenated alkanes) is 1. The first-order valence-corrected chi connectivity index (χ1v) is 8.37. The van der Waals surface area contributed by atoms with Gasteiger partial charge in [0.25, 0.3) is 10.0 Å². The highest BCUT2D eigenvalue weighted by Crippen LogP contribution is 2.34. The van der Waals surface area contributed by atoms with Gasteiger partial charge < -0.3 is 0 Å². The van der Waals surface area contributed by atoms with E-state index in [2.05, 4.69) is 6.92 Å². The van der Waals surface area contributed by atoms with Crippen molar-refractivity contribution in [2.75, 3.05) is 6.54 Å². The van der Waals surface area contributed by atoms with Crippen molar-refractivity contribution >= 4 is 21.4 Å². The molecular formula is C12H16N2O2S2. The monoisotopic (exact) mass is 284 g/mol. The molecule has 2 rings (SSSR count). The van der Waals surface area contributed by atoms with Crippen molar-refractivity contribution in [1.82, 2.24) is 4.31 Å². The second kappa shape index (κ2) is 5.39. The van der Waals surface area contributed by atoms with Crippen LogP contribution in [-0.4, -0.2) is 25.3 Å². The Kier molecular flexibility index (Phi) is 4.05. The fourth-order valence-electron chi connectivity index (χ4n) is 1.81. The lowest BCUT2D eigenvalue weighted by Crippen LogP contribution is -2.33. The molecule has 6 heteroatoms. The normalized spacial score (nSPS) is 15.8. The van der Waals surface area contributed by atoms with Crippen molar-refractivity contribution < 1.29 is 8.42 Å². The van der Waals surface area contributed by atoms with E-state index in [0.717, 1.165) is 37.0 Å². The quantitative estimate of drug-likeness (QED) is 0.806. The van der Waals surface area contributed by atoms with Gasteiger partial charge in [0.05, 0.1) is 0 Å². The summed E-state index contributed by atoms with van der Waals surface area (Å²) < 4.78 is 26.9. The van der Waals surface area contributed by atoms with E-state index >= 15 is 0 Å². The third kappa shape index (κ3) is 2.74. The minimum absolute atomic E-state index is 0.175. The Labute approximate surface area is 112 Å². The molecule has 0 aromatic carbocycles. The van der Waals surface area contributed by atoms with Crippen LogP contribution in [0, 0.1) is 11.3 Å². The van der Waals surface area contributed by atoms with Gasteiger partial charge in [-0.2, -0.15) is 9.57 Å². The summed E-state index contributed by atoms with van der Waals surface area (Å²) in [6.45, 7) is 2.64. The summed E-state index contributed by atoms with van der Waals surface area (Å²) in [5, 5.41) is 8.77. The van der Waals surface area contributed by atoms with Crippen molar-refractivity contribution in [3.63, 3.8) is 0 Å². The van der Waals surface area contributed by atoms with Gasteiger partial charge >= 0.3 is 0 Å². The van der Waals surface area contributed by atoms with Gasteiger partial charge in [-0.1, -0.05) is 13.3 Å². The molecular weight excluding hydrogens is 268 g/mol. The fourth-order valence-corrected chi connectivity index (χ4v) is 4.77. The lowest BCUT2D eigenvalue weighted by molar-refractivity contribution is 0.397. The number of rotatable bonds is 6. The molecule has 0 spiro atoms. The third-order valence-electron chi connectivity index (χ3n) is 2.94. The van der Waals surface area contributed by atoms with E-state index in [9.17, 15) is 8.42 Å². The van der Waals surface area contributed by atoms with Crippen LogP contribution in [0.2, 0.25) is 0 Å². The van der Waals surface area contributed by atoms with Gasteiger partial charge in [-0.25, -0.2) is 8.42 Å². The van der Waals surface area contributed by atoms with E-state index in [1.807, 2.05) is 6.07 Å². The van der Waals surface area contributed by atoms with Gasteiger partial charge in [-0.15, -0.1) is 11.3 Å². The Bertz CT molecular complexity index is 553. The summed E-state index contributed by atoms with van der Waals surface area (Å²) in [7, 11) is -3.40. The summed E-state index contributed by atoms with van der Waals surface area (Å²) in [5.74, 6) is 0. The SMILES string of the molecule is CCCCN(C1CC1)S(=O)(=O)c1ccc(C#N)s1. The number of sulfonamides is 1. The zero-order chi connectivity index (χ0) is 13.2. The average Bonchev–Trinajstić information content (AvgIpc) is 3.05. The van der Waals surface area contributed by atoms with E-state index in [1.165, 1.54) is 0 Å². The molecule has 4 nitrogen and oxygen atoms in total. The van der Waals surface area contributed by atoms with Gasteiger partial charge in [0.15, 0.2) is 0 Å². The molecule has 0 aliphatic heterocycles. The fraction of sp³-hybridized carbons (Fsp3) is 0.583. The van der Waals surface area contributed by atoms with Crippen LogP contribution in [0.4, 0.5) is 0 Å². The molecule has 0 bridgehead atoms. The molecule has 18 heavy (non-hydrogen) atoms. The standard InChI is InChI=1S/C12H16N2O2S2/c1-2-3-8-14(10-4-5-10)18(15,16)12-7-6-11(9-13)17-12/h6-7,10H,2-5,8H2,1H3. The van der Waals surface area contributed by atoms with Crippen LogP contribution in [0.5, 0.6) is 0 Å². The number of thiophene rings is 1. The molecule has 0 N–H and O–H groups in total. The lowest BCUT2D eigenvalue weighted by Gasteiger charge is -2.20. The molecule has 1 fully saturated rings. The summed E-state index contributed by atoms with van der Waals surface area (Å²) >= 11 is 1.06. The molecule has 1 heterocycles. The van der Waals surface area contributed by atoms with E-state index < -0.39 is 10.0 Å². The summed E-state index contributed by atoms with van der Waals surface area (Å²) in [6, 6.07) is 5.27. The van der Waals surface area contributed by atoms with Crippen LogP contribution in [0.3, 0.4) is 0 Å². The first kappa shape index (κ1) is 13.5.